The first-order chi connectivity index (χ1) is 10.1. The van der Waals surface area contributed by atoms with Gasteiger partial charge in [-0.05, 0) is 31.6 Å². The summed E-state index contributed by atoms with van der Waals surface area (Å²) in [5.74, 6) is -0.353. The van der Waals surface area contributed by atoms with Crippen LogP contribution < -0.4 is 0 Å². The molecule has 2 aliphatic rings. The van der Waals surface area contributed by atoms with E-state index in [2.05, 4.69) is 0 Å². The van der Waals surface area contributed by atoms with Crippen LogP contribution in [-0.2, 0) is 19.1 Å². The van der Waals surface area contributed by atoms with Gasteiger partial charge in [-0.1, -0.05) is 0 Å². The van der Waals surface area contributed by atoms with E-state index in [1.165, 1.54) is 4.90 Å². The fraction of sp³-hybridized carbons (Fsp3) is 0.867. The lowest BCUT2D eigenvalue weighted by molar-refractivity contribution is -0.148. The molecule has 1 amide bonds. The van der Waals surface area contributed by atoms with Gasteiger partial charge in [-0.3, -0.25) is 4.79 Å². The Balaban J connectivity index is 1.77. The number of carbonyl (C=O) groups excluding carboxylic acids is 1. The zero-order valence-electron chi connectivity index (χ0n) is 12.6. The third kappa shape index (κ3) is 4.41. The maximum atomic E-state index is 12.2. The molecule has 1 N–H and O–H groups in total. The maximum absolute atomic E-state index is 12.2. The third-order valence-electron chi connectivity index (χ3n) is 4.55. The molecule has 0 aliphatic carbocycles. The maximum Gasteiger partial charge on any atom is 0.326 e. The fourth-order valence-electron chi connectivity index (χ4n) is 3.20. The summed E-state index contributed by atoms with van der Waals surface area (Å²) < 4.78 is 10.5. The highest BCUT2D eigenvalue weighted by molar-refractivity contribution is 5.84. The fourth-order valence-corrected chi connectivity index (χ4v) is 3.20. The van der Waals surface area contributed by atoms with E-state index in [4.69, 9.17) is 9.47 Å². The van der Waals surface area contributed by atoms with Gasteiger partial charge >= 0.3 is 5.97 Å². The summed E-state index contributed by atoms with van der Waals surface area (Å²) >= 11 is 0. The van der Waals surface area contributed by atoms with Crippen molar-refractivity contribution in [2.24, 2.45) is 5.92 Å². The summed E-state index contributed by atoms with van der Waals surface area (Å²) in [7, 11) is 1.56. The van der Waals surface area contributed by atoms with E-state index < -0.39 is 12.0 Å². The normalized spacial score (nSPS) is 27.0. The highest BCUT2D eigenvalue weighted by Crippen LogP contribution is 2.24. The van der Waals surface area contributed by atoms with E-state index in [0.29, 0.717) is 25.3 Å². The minimum absolute atomic E-state index is 0.0611. The average molecular weight is 299 g/mol. The second-order valence-corrected chi connectivity index (χ2v) is 5.94. The summed E-state index contributed by atoms with van der Waals surface area (Å²) in [4.78, 5) is 25.0. The highest BCUT2D eigenvalue weighted by Gasteiger charge is 2.39. The Bertz CT molecular complexity index is 367. The molecule has 120 valence electrons. The zero-order valence-corrected chi connectivity index (χ0v) is 12.6. The van der Waals surface area contributed by atoms with Crippen LogP contribution in [0.4, 0.5) is 0 Å². The number of hydrogen-bond donors (Lipinski definition) is 1. The monoisotopic (exact) mass is 299 g/mol. The van der Waals surface area contributed by atoms with E-state index in [-0.39, 0.29) is 12.0 Å². The summed E-state index contributed by atoms with van der Waals surface area (Å²) in [6, 6.07) is -0.731. The molecule has 2 atom stereocenters. The lowest BCUT2D eigenvalue weighted by Gasteiger charge is -2.23. The summed E-state index contributed by atoms with van der Waals surface area (Å²) in [6.45, 7) is 2.03. The topological polar surface area (TPSA) is 76.1 Å². The highest BCUT2D eigenvalue weighted by atomic mass is 16.5. The van der Waals surface area contributed by atoms with Gasteiger partial charge in [0.15, 0.2) is 0 Å². The second-order valence-electron chi connectivity index (χ2n) is 5.94. The number of likely N-dealkylation sites (tertiary alicyclic amines) is 1. The van der Waals surface area contributed by atoms with Gasteiger partial charge in [-0.2, -0.15) is 0 Å². The van der Waals surface area contributed by atoms with Crippen molar-refractivity contribution >= 4 is 11.9 Å². The quantitative estimate of drug-likeness (QED) is 0.799. The van der Waals surface area contributed by atoms with Gasteiger partial charge in [-0.15, -0.1) is 0 Å². The van der Waals surface area contributed by atoms with Crippen molar-refractivity contribution < 1.29 is 24.2 Å². The van der Waals surface area contributed by atoms with Crippen molar-refractivity contribution in [1.29, 1.82) is 0 Å². The molecule has 6 heteroatoms. The van der Waals surface area contributed by atoms with Crippen LogP contribution in [-0.4, -0.2) is 60.9 Å². The number of carbonyl (C=O) groups is 2. The van der Waals surface area contributed by atoms with Crippen LogP contribution in [0, 0.1) is 5.92 Å². The van der Waals surface area contributed by atoms with Gasteiger partial charge in [0.25, 0.3) is 0 Å². The van der Waals surface area contributed by atoms with E-state index >= 15 is 0 Å². The molecule has 0 aromatic carbocycles. The van der Waals surface area contributed by atoms with E-state index in [1.807, 2.05) is 0 Å². The Morgan fingerprint density at radius 1 is 1.33 bits per heavy atom. The van der Waals surface area contributed by atoms with Crippen LogP contribution in [0.1, 0.15) is 38.5 Å². The largest absolute Gasteiger partial charge is 0.480 e. The molecule has 2 saturated heterocycles. The van der Waals surface area contributed by atoms with Crippen LogP contribution in [0.15, 0.2) is 0 Å². The predicted octanol–water partition coefficient (Wildman–Crippen LogP) is 1.28. The first-order valence-corrected chi connectivity index (χ1v) is 7.74. The van der Waals surface area contributed by atoms with Gasteiger partial charge in [0.05, 0.1) is 6.10 Å². The van der Waals surface area contributed by atoms with Gasteiger partial charge in [0, 0.05) is 39.7 Å². The number of rotatable bonds is 6. The van der Waals surface area contributed by atoms with Crippen LogP contribution in [0.5, 0.6) is 0 Å². The predicted molar refractivity (Wildman–Crippen MR) is 75.9 cm³/mol. The molecule has 2 unspecified atom stereocenters. The van der Waals surface area contributed by atoms with E-state index in [0.717, 1.165) is 38.9 Å². The molecular formula is C15H25NO5. The number of ether oxygens (including phenoxy) is 2. The van der Waals surface area contributed by atoms with Crippen LogP contribution in [0.3, 0.4) is 0 Å². The van der Waals surface area contributed by atoms with Crippen molar-refractivity contribution in [3.63, 3.8) is 0 Å². The van der Waals surface area contributed by atoms with Crippen molar-refractivity contribution in [2.75, 3.05) is 26.9 Å². The Morgan fingerprint density at radius 2 is 2.05 bits per heavy atom. The van der Waals surface area contributed by atoms with E-state index in [9.17, 15) is 14.7 Å². The molecular weight excluding hydrogens is 274 g/mol. The van der Waals surface area contributed by atoms with E-state index in [1.54, 1.807) is 7.11 Å². The van der Waals surface area contributed by atoms with Crippen LogP contribution in [0.25, 0.3) is 0 Å². The SMILES string of the molecule is COC1CC(C(=O)O)N(C(=O)CCCC2CCOCC2)C1. The molecule has 0 radical (unpaired) electrons. The molecule has 2 heterocycles. The Labute approximate surface area is 125 Å². The lowest BCUT2D eigenvalue weighted by atomic mass is 9.94. The standard InChI is InChI=1S/C15H25NO5/c1-20-12-9-13(15(18)19)16(10-12)14(17)4-2-3-11-5-7-21-8-6-11/h11-13H,2-10H2,1H3,(H,18,19). The average Bonchev–Trinajstić information content (AvgIpc) is 2.93. The molecule has 2 fully saturated rings. The number of amides is 1. The first-order valence-electron chi connectivity index (χ1n) is 7.74. The number of hydrogen-bond acceptors (Lipinski definition) is 4. The lowest BCUT2D eigenvalue weighted by Crippen LogP contribution is -2.40. The zero-order chi connectivity index (χ0) is 15.2. The molecule has 0 aromatic rings. The molecule has 2 aliphatic heterocycles. The van der Waals surface area contributed by atoms with Crippen LogP contribution >= 0.6 is 0 Å². The van der Waals surface area contributed by atoms with Gasteiger partial charge in [0.2, 0.25) is 5.91 Å². The van der Waals surface area contributed by atoms with Crippen LogP contribution in [0.2, 0.25) is 0 Å². The Kier molecular flexibility index (Phi) is 5.99. The third-order valence-corrected chi connectivity index (χ3v) is 4.55. The minimum atomic E-state index is -0.938. The molecule has 0 saturated carbocycles. The Morgan fingerprint density at radius 3 is 2.67 bits per heavy atom. The molecule has 6 nitrogen and oxygen atoms in total. The van der Waals surface area contributed by atoms with Crippen molar-refractivity contribution in [1.82, 2.24) is 4.90 Å². The first kappa shape index (κ1) is 16.2. The number of nitrogens with zero attached hydrogens (tertiary/aromatic N) is 1. The van der Waals surface area contributed by atoms with Gasteiger partial charge in [0.1, 0.15) is 6.04 Å². The number of aliphatic carboxylic acids is 1. The van der Waals surface area contributed by atoms with Gasteiger partial charge < -0.3 is 19.5 Å². The number of carboxylic acid groups (broad SMARTS) is 1. The molecule has 2 rings (SSSR count). The second kappa shape index (κ2) is 7.75. The van der Waals surface area contributed by atoms with Gasteiger partial charge in [-0.25, -0.2) is 4.79 Å². The molecule has 0 aromatic heterocycles. The summed E-state index contributed by atoms with van der Waals surface area (Å²) in [6.07, 6.45) is 4.64. The smallest absolute Gasteiger partial charge is 0.326 e. The summed E-state index contributed by atoms with van der Waals surface area (Å²) in [5.41, 5.74) is 0. The Hall–Kier alpha value is -1.14. The van der Waals surface area contributed by atoms with Crippen molar-refractivity contribution in [2.45, 2.75) is 50.7 Å². The number of methoxy groups -OCH3 is 1. The molecule has 21 heavy (non-hydrogen) atoms. The molecule has 0 bridgehead atoms. The summed E-state index contributed by atoms with van der Waals surface area (Å²) in [5, 5.41) is 9.21. The number of carboxylic acids is 1. The molecule has 0 spiro atoms. The van der Waals surface area contributed by atoms with Crippen molar-refractivity contribution in [3.8, 4) is 0 Å². The minimum Gasteiger partial charge on any atom is -0.480 e. The van der Waals surface area contributed by atoms with Crippen molar-refractivity contribution in [3.05, 3.63) is 0 Å².